The molecule has 0 heterocycles. The molecule has 0 aliphatic carbocycles. The molecule has 3 heteroatoms. The van der Waals surface area contributed by atoms with Crippen molar-refractivity contribution in [1.82, 2.24) is 0 Å². The molecular formula is C8H20O2S. The van der Waals surface area contributed by atoms with Gasteiger partial charge in [0.15, 0.2) is 0 Å². The number of aliphatic hydroxyl groups excluding tert-OH is 2. The summed E-state index contributed by atoms with van der Waals surface area (Å²) in [7, 11) is 0. The van der Waals surface area contributed by atoms with Gasteiger partial charge in [0, 0.05) is 4.75 Å². The summed E-state index contributed by atoms with van der Waals surface area (Å²) >= 11 is 1.99. The SMILES string of the molecule is CCSC(C)(C)C.OCCO. The van der Waals surface area contributed by atoms with Crippen LogP contribution in [0.15, 0.2) is 0 Å². The maximum absolute atomic E-state index is 7.62. The Kier molecular flexibility index (Phi) is 10.5. The minimum atomic E-state index is -0.125. The van der Waals surface area contributed by atoms with Crippen LogP contribution in [-0.2, 0) is 0 Å². The topological polar surface area (TPSA) is 40.5 Å². The van der Waals surface area contributed by atoms with Crippen LogP contribution in [-0.4, -0.2) is 33.9 Å². The first-order chi connectivity index (χ1) is 4.97. The van der Waals surface area contributed by atoms with Crippen molar-refractivity contribution in [3.63, 3.8) is 0 Å². The second-order valence-corrected chi connectivity index (χ2v) is 5.08. The first-order valence-electron chi connectivity index (χ1n) is 3.83. The first kappa shape index (κ1) is 13.8. The van der Waals surface area contributed by atoms with E-state index in [9.17, 15) is 0 Å². The van der Waals surface area contributed by atoms with Gasteiger partial charge < -0.3 is 10.2 Å². The summed E-state index contributed by atoms with van der Waals surface area (Å²) < 4.78 is 0.467. The quantitative estimate of drug-likeness (QED) is 0.676. The normalized spacial score (nSPS) is 10.4. The van der Waals surface area contributed by atoms with E-state index in [2.05, 4.69) is 27.7 Å². The molecule has 0 atom stereocenters. The molecule has 0 aliphatic heterocycles. The summed E-state index contributed by atoms with van der Waals surface area (Å²) in [4.78, 5) is 0. The minimum Gasteiger partial charge on any atom is -0.394 e. The fraction of sp³-hybridized carbons (Fsp3) is 1.00. The highest BCUT2D eigenvalue weighted by molar-refractivity contribution is 8.00. The third-order valence-corrected chi connectivity index (χ3v) is 1.83. The Labute approximate surface area is 74.0 Å². The van der Waals surface area contributed by atoms with Gasteiger partial charge in [0.2, 0.25) is 0 Å². The zero-order chi connectivity index (χ0) is 9.33. The molecule has 0 aliphatic rings. The maximum Gasteiger partial charge on any atom is 0.0662 e. The zero-order valence-electron chi connectivity index (χ0n) is 7.92. The lowest BCUT2D eigenvalue weighted by molar-refractivity contribution is 0.186. The van der Waals surface area contributed by atoms with E-state index in [1.54, 1.807) is 0 Å². The molecule has 0 fully saturated rings. The van der Waals surface area contributed by atoms with Crippen LogP contribution in [0.5, 0.6) is 0 Å². The van der Waals surface area contributed by atoms with Gasteiger partial charge in [-0.15, -0.1) is 0 Å². The van der Waals surface area contributed by atoms with Gasteiger partial charge in [0.05, 0.1) is 13.2 Å². The lowest BCUT2D eigenvalue weighted by atomic mass is 10.3. The lowest BCUT2D eigenvalue weighted by Crippen LogP contribution is -2.06. The van der Waals surface area contributed by atoms with Gasteiger partial charge in [-0.05, 0) is 5.75 Å². The molecule has 0 aromatic rings. The van der Waals surface area contributed by atoms with E-state index in [4.69, 9.17) is 10.2 Å². The fourth-order valence-electron chi connectivity index (χ4n) is 0.433. The lowest BCUT2D eigenvalue weighted by Gasteiger charge is -2.14. The Morgan fingerprint density at radius 1 is 1.09 bits per heavy atom. The fourth-order valence-corrected chi connectivity index (χ4v) is 1.30. The summed E-state index contributed by atoms with van der Waals surface area (Å²) in [6.07, 6.45) is 0. The number of aliphatic hydroxyl groups is 2. The van der Waals surface area contributed by atoms with Crippen LogP contribution >= 0.6 is 11.8 Å². The molecular weight excluding hydrogens is 160 g/mol. The highest BCUT2D eigenvalue weighted by Crippen LogP contribution is 2.21. The molecule has 70 valence electrons. The van der Waals surface area contributed by atoms with Crippen LogP contribution in [0.1, 0.15) is 27.7 Å². The van der Waals surface area contributed by atoms with Crippen molar-refractivity contribution in [2.24, 2.45) is 0 Å². The van der Waals surface area contributed by atoms with Crippen molar-refractivity contribution >= 4 is 11.8 Å². The predicted octanol–water partition coefficient (Wildman–Crippen LogP) is 1.51. The van der Waals surface area contributed by atoms with Gasteiger partial charge >= 0.3 is 0 Å². The molecule has 11 heavy (non-hydrogen) atoms. The maximum atomic E-state index is 7.62. The van der Waals surface area contributed by atoms with E-state index in [1.165, 1.54) is 5.75 Å². The Morgan fingerprint density at radius 2 is 1.45 bits per heavy atom. The predicted molar refractivity (Wildman–Crippen MR) is 52.1 cm³/mol. The van der Waals surface area contributed by atoms with E-state index < -0.39 is 0 Å². The summed E-state index contributed by atoms with van der Waals surface area (Å²) in [5, 5.41) is 15.2. The van der Waals surface area contributed by atoms with Crippen LogP contribution in [0.4, 0.5) is 0 Å². The molecule has 0 rings (SSSR count). The highest BCUT2D eigenvalue weighted by Gasteiger charge is 2.06. The van der Waals surface area contributed by atoms with Crippen LogP contribution in [0.25, 0.3) is 0 Å². The molecule has 0 aromatic heterocycles. The highest BCUT2D eigenvalue weighted by atomic mass is 32.2. The van der Waals surface area contributed by atoms with Gasteiger partial charge in [-0.2, -0.15) is 11.8 Å². The molecule has 0 spiro atoms. The Bertz CT molecular complexity index is 67.0. The third-order valence-electron chi connectivity index (χ3n) is 0.677. The van der Waals surface area contributed by atoms with Gasteiger partial charge in [0.25, 0.3) is 0 Å². The van der Waals surface area contributed by atoms with E-state index in [-0.39, 0.29) is 13.2 Å². The molecule has 2 N–H and O–H groups in total. The number of hydrogen-bond acceptors (Lipinski definition) is 3. The monoisotopic (exact) mass is 180 g/mol. The Hall–Kier alpha value is 0.270. The number of rotatable bonds is 2. The Balaban J connectivity index is 0. The minimum absolute atomic E-state index is 0.125. The average molecular weight is 180 g/mol. The van der Waals surface area contributed by atoms with E-state index in [0.717, 1.165) is 0 Å². The molecule has 0 amide bonds. The van der Waals surface area contributed by atoms with Crippen LogP contribution in [0.2, 0.25) is 0 Å². The number of thioether (sulfide) groups is 1. The van der Waals surface area contributed by atoms with Crippen LogP contribution in [0.3, 0.4) is 0 Å². The molecule has 0 saturated carbocycles. The largest absolute Gasteiger partial charge is 0.394 e. The van der Waals surface area contributed by atoms with Gasteiger partial charge in [-0.3, -0.25) is 0 Å². The third kappa shape index (κ3) is 25.3. The first-order valence-corrected chi connectivity index (χ1v) is 4.82. The van der Waals surface area contributed by atoms with Crippen molar-refractivity contribution in [3.8, 4) is 0 Å². The Morgan fingerprint density at radius 3 is 1.45 bits per heavy atom. The smallest absolute Gasteiger partial charge is 0.0662 e. The van der Waals surface area contributed by atoms with Crippen molar-refractivity contribution in [2.45, 2.75) is 32.4 Å². The second kappa shape index (κ2) is 8.37. The summed E-state index contributed by atoms with van der Waals surface area (Å²) in [6, 6.07) is 0. The van der Waals surface area contributed by atoms with Crippen molar-refractivity contribution < 1.29 is 10.2 Å². The molecule has 0 saturated heterocycles. The molecule has 0 aromatic carbocycles. The van der Waals surface area contributed by atoms with Gasteiger partial charge in [-0.25, -0.2) is 0 Å². The zero-order valence-corrected chi connectivity index (χ0v) is 8.74. The van der Waals surface area contributed by atoms with Crippen molar-refractivity contribution in [3.05, 3.63) is 0 Å². The number of hydrogen-bond donors (Lipinski definition) is 2. The molecule has 0 radical (unpaired) electrons. The summed E-state index contributed by atoms with van der Waals surface area (Å²) in [5.74, 6) is 1.23. The van der Waals surface area contributed by atoms with Crippen molar-refractivity contribution in [1.29, 1.82) is 0 Å². The summed E-state index contributed by atoms with van der Waals surface area (Å²) in [5.41, 5.74) is 0. The van der Waals surface area contributed by atoms with E-state index in [0.29, 0.717) is 4.75 Å². The summed E-state index contributed by atoms with van der Waals surface area (Å²) in [6.45, 7) is 8.65. The standard InChI is InChI=1S/C6H14S.C2H6O2/c1-5-7-6(2,3)4;3-1-2-4/h5H2,1-4H3;3-4H,1-2H2. The average Bonchev–Trinajstić information content (AvgIpc) is 1.86. The van der Waals surface area contributed by atoms with E-state index in [1.807, 2.05) is 11.8 Å². The molecule has 0 bridgehead atoms. The molecule has 0 unspecified atom stereocenters. The molecule has 2 nitrogen and oxygen atoms in total. The van der Waals surface area contributed by atoms with Crippen LogP contribution < -0.4 is 0 Å². The van der Waals surface area contributed by atoms with Gasteiger partial charge in [-0.1, -0.05) is 27.7 Å². The van der Waals surface area contributed by atoms with Crippen molar-refractivity contribution in [2.75, 3.05) is 19.0 Å². The second-order valence-electron chi connectivity index (χ2n) is 2.99. The van der Waals surface area contributed by atoms with E-state index >= 15 is 0 Å². The van der Waals surface area contributed by atoms with Crippen LogP contribution in [0, 0.1) is 0 Å². The van der Waals surface area contributed by atoms with Gasteiger partial charge in [0.1, 0.15) is 0 Å².